The molecule has 70 valence electrons. The molecule has 0 atom stereocenters. The Kier molecular flexibility index (Phi) is 2.84. The molecule has 0 radical (unpaired) electrons. The molecule has 0 aromatic carbocycles. The number of rotatable bonds is 3. The molecule has 4 heteroatoms. The first-order valence-electron chi connectivity index (χ1n) is 3.66. The van der Waals surface area contributed by atoms with E-state index in [-0.39, 0.29) is 18.3 Å². The topological polar surface area (TPSA) is 0 Å². The monoisotopic (exact) mass is 258 g/mol. The third kappa shape index (κ3) is 2.19. The number of hydrogen-bond donors (Lipinski definition) is 0. The van der Waals surface area contributed by atoms with Gasteiger partial charge in [0.05, 0.1) is 0 Å². The Bertz CT molecular complexity index is 195. The van der Waals surface area contributed by atoms with Crippen molar-refractivity contribution in [1.29, 1.82) is 0 Å². The number of halogens is 4. The van der Waals surface area contributed by atoms with Crippen molar-refractivity contribution in [2.24, 2.45) is 5.41 Å². The Morgan fingerprint density at radius 3 is 2.25 bits per heavy atom. The number of allylic oxidation sites excluding steroid dienone is 1. The van der Waals surface area contributed by atoms with Gasteiger partial charge in [-0.05, 0) is 11.8 Å². The normalized spacial score (nSPS) is 24.7. The molecule has 1 rings (SSSR count). The third-order valence-corrected chi connectivity index (χ3v) is 3.44. The third-order valence-electron chi connectivity index (χ3n) is 2.12. The molecule has 0 aliphatic heterocycles. The van der Waals surface area contributed by atoms with Gasteiger partial charge >= 0.3 is 0 Å². The van der Waals surface area contributed by atoms with Gasteiger partial charge in [0.2, 0.25) is 5.92 Å². The lowest BCUT2D eigenvalue weighted by molar-refractivity contribution is -0.150. The van der Waals surface area contributed by atoms with Crippen molar-refractivity contribution in [2.45, 2.75) is 25.2 Å². The Morgan fingerprint density at radius 1 is 1.50 bits per heavy atom. The lowest BCUT2D eigenvalue weighted by atomic mass is 9.65. The molecule has 0 aromatic rings. The lowest BCUT2D eigenvalue weighted by Crippen LogP contribution is -2.47. The van der Waals surface area contributed by atoms with Crippen LogP contribution in [-0.2, 0) is 0 Å². The van der Waals surface area contributed by atoms with Crippen LogP contribution in [0.2, 0.25) is 0 Å². The molecule has 0 unspecified atom stereocenters. The van der Waals surface area contributed by atoms with E-state index >= 15 is 0 Å². The van der Waals surface area contributed by atoms with Crippen molar-refractivity contribution in [3.63, 3.8) is 0 Å². The van der Waals surface area contributed by atoms with E-state index in [4.69, 9.17) is 11.6 Å². The summed E-state index contributed by atoms with van der Waals surface area (Å²) in [5.41, 5.74) is -0.345. The van der Waals surface area contributed by atoms with Crippen molar-refractivity contribution >= 4 is 27.5 Å². The summed E-state index contributed by atoms with van der Waals surface area (Å²) in [6, 6.07) is 0. The van der Waals surface area contributed by atoms with E-state index in [1.54, 1.807) is 0 Å². The van der Waals surface area contributed by atoms with Gasteiger partial charge in [-0.3, -0.25) is 0 Å². The van der Waals surface area contributed by atoms with Gasteiger partial charge in [-0.1, -0.05) is 34.1 Å². The Labute approximate surface area is 84.1 Å². The summed E-state index contributed by atoms with van der Waals surface area (Å²) in [5, 5.41) is 1.03. The highest BCUT2D eigenvalue weighted by Gasteiger charge is 2.55. The fourth-order valence-corrected chi connectivity index (χ4v) is 2.60. The van der Waals surface area contributed by atoms with Crippen molar-refractivity contribution in [3.05, 3.63) is 11.6 Å². The van der Waals surface area contributed by atoms with Gasteiger partial charge in [0.15, 0.2) is 0 Å². The van der Waals surface area contributed by atoms with E-state index in [1.165, 1.54) is 0 Å². The van der Waals surface area contributed by atoms with Crippen LogP contribution in [-0.4, -0.2) is 11.3 Å². The highest BCUT2D eigenvalue weighted by Crippen LogP contribution is 2.56. The van der Waals surface area contributed by atoms with Crippen LogP contribution in [0, 0.1) is 5.41 Å². The van der Waals surface area contributed by atoms with Crippen LogP contribution < -0.4 is 0 Å². The molecular weight excluding hydrogens is 249 g/mol. The van der Waals surface area contributed by atoms with Crippen LogP contribution in [0.15, 0.2) is 11.6 Å². The molecule has 1 saturated carbocycles. The maximum absolute atomic E-state index is 12.6. The predicted molar refractivity (Wildman–Crippen MR) is 50.0 cm³/mol. The average Bonchev–Trinajstić information content (AvgIpc) is 1.81. The minimum Gasteiger partial charge on any atom is -0.207 e. The van der Waals surface area contributed by atoms with E-state index in [0.717, 1.165) is 0 Å². The van der Waals surface area contributed by atoms with Crippen LogP contribution in [0.1, 0.15) is 19.3 Å². The highest BCUT2D eigenvalue weighted by molar-refractivity contribution is 9.09. The minimum absolute atomic E-state index is 0.0724. The van der Waals surface area contributed by atoms with E-state index in [9.17, 15) is 8.78 Å². The van der Waals surface area contributed by atoms with Gasteiger partial charge in [-0.2, -0.15) is 0 Å². The van der Waals surface area contributed by atoms with Gasteiger partial charge in [0.25, 0.3) is 0 Å². The van der Waals surface area contributed by atoms with Crippen molar-refractivity contribution < 1.29 is 8.78 Å². The van der Waals surface area contributed by atoms with E-state index in [0.29, 0.717) is 16.8 Å². The summed E-state index contributed by atoms with van der Waals surface area (Å²) in [6.07, 6.45) is 0.337. The van der Waals surface area contributed by atoms with Gasteiger partial charge in [-0.15, -0.1) is 0 Å². The second kappa shape index (κ2) is 3.26. The summed E-state index contributed by atoms with van der Waals surface area (Å²) < 4.78 is 25.2. The molecule has 0 spiro atoms. The highest BCUT2D eigenvalue weighted by atomic mass is 79.9. The fourth-order valence-electron chi connectivity index (χ4n) is 1.72. The van der Waals surface area contributed by atoms with Crippen molar-refractivity contribution in [2.75, 3.05) is 5.33 Å². The van der Waals surface area contributed by atoms with Crippen molar-refractivity contribution in [3.8, 4) is 0 Å². The zero-order valence-electron chi connectivity index (χ0n) is 6.55. The molecule has 0 bridgehead atoms. The zero-order valence-corrected chi connectivity index (χ0v) is 8.89. The molecular formula is C8H10BrClF2. The van der Waals surface area contributed by atoms with Crippen LogP contribution in [0.25, 0.3) is 0 Å². The summed E-state index contributed by atoms with van der Waals surface area (Å²) >= 11 is 8.82. The molecule has 0 amide bonds. The summed E-state index contributed by atoms with van der Waals surface area (Å²) in [7, 11) is 0. The van der Waals surface area contributed by atoms with Gasteiger partial charge in [0.1, 0.15) is 0 Å². The van der Waals surface area contributed by atoms with Crippen molar-refractivity contribution in [1.82, 2.24) is 0 Å². The molecule has 0 aromatic heterocycles. The van der Waals surface area contributed by atoms with Crippen LogP contribution in [0.3, 0.4) is 0 Å². The van der Waals surface area contributed by atoms with Crippen LogP contribution in [0.4, 0.5) is 8.78 Å². The molecule has 12 heavy (non-hydrogen) atoms. The maximum atomic E-state index is 12.6. The SMILES string of the molecule is C=C(Cl)CC1(CBr)CC(F)(F)C1. The van der Waals surface area contributed by atoms with Crippen LogP contribution in [0.5, 0.6) is 0 Å². The van der Waals surface area contributed by atoms with Gasteiger partial charge in [-0.25, -0.2) is 8.78 Å². The van der Waals surface area contributed by atoms with Crippen LogP contribution >= 0.6 is 27.5 Å². The molecule has 0 saturated heterocycles. The molecule has 0 heterocycles. The standard InChI is InChI=1S/C8H10BrClF2/c1-6(10)2-7(5-9)3-8(11,12)4-7/h1-5H2. The second-order valence-electron chi connectivity index (χ2n) is 3.54. The lowest BCUT2D eigenvalue weighted by Gasteiger charge is -2.46. The summed E-state index contributed by atoms with van der Waals surface area (Å²) in [5.74, 6) is -2.49. The number of alkyl halides is 3. The first-order chi connectivity index (χ1) is 5.39. The largest absolute Gasteiger partial charge is 0.249 e. The smallest absolute Gasteiger partial charge is 0.207 e. The van der Waals surface area contributed by atoms with E-state index < -0.39 is 5.92 Å². The second-order valence-corrected chi connectivity index (χ2v) is 4.63. The number of hydrogen-bond acceptors (Lipinski definition) is 0. The first kappa shape index (κ1) is 10.5. The zero-order chi connectivity index (χ0) is 9.41. The van der Waals surface area contributed by atoms with E-state index in [2.05, 4.69) is 22.5 Å². The predicted octanol–water partition coefficient (Wildman–Crippen LogP) is 3.94. The van der Waals surface area contributed by atoms with Gasteiger partial charge < -0.3 is 0 Å². The summed E-state index contributed by atoms with van der Waals surface area (Å²) in [6.45, 7) is 3.52. The van der Waals surface area contributed by atoms with E-state index in [1.807, 2.05) is 0 Å². The first-order valence-corrected chi connectivity index (χ1v) is 5.16. The molecule has 1 aliphatic rings. The molecule has 1 fully saturated rings. The molecule has 0 N–H and O–H groups in total. The Balaban J connectivity index is 2.53. The molecule has 1 aliphatic carbocycles. The molecule has 0 nitrogen and oxygen atoms in total. The summed E-state index contributed by atoms with van der Waals surface area (Å²) in [4.78, 5) is 0. The minimum atomic E-state index is -2.49. The maximum Gasteiger partial charge on any atom is 0.249 e. The van der Waals surface area contributed by atoms with Gasteiger partial charge in [0, 0.05) is 23.2 Å². The fraction of sp³-hybridized carbons (Fsp3) is 0.750. The Hall–Kier alpha value is 0.370. The Morgan fingerprint density at radius 2 is 2.00 bits per heavy atom. The quantitative estimate of drug-likeness (QED) is 0.674. The average molecular weight is 260 g/mol.